The van der Waals surface area contributed by atoms with Crippen LogP contribution in [-0.2, 0) is 6.54 Å². The van der Waals surface area contributed by atoms with Gasteiger partial charge in [0, 0.05) is 30.8 Å². The fourth-order valence-corrected chi connectivity index (χ4v) is 2.22. The van der Waals surface area contributed by atoms with E-state index in [1.807, 2.05) is 31.1 Å². The van der Waals surface area contributed by atoms with E-state index in [-0.39, 0.29) is 11.4 Å². The summed E-state index contributed by atoms with van der Waals surface area (Å²) < 4.78 is 40.4. The van der Waals surface area contributed by atoms with Crippen molar-refractivity contribution in [3.63, 3.8) is 0 Å². The van der Waals surface area contributed by atoms with E-state index in [2.05, 4.69) is 15.3 Å². The molecular formula is C18H20F3N5. The summed E-state index contributed by atoms with van der Waals surface area (Å²) in [4.78, 5) is 9.45. The molecule has 0 amide bonds. The van der Waals surface area contributed by atoms with Crippen molar-refractivity contribution in [1.82, 2.24) is 9.88 Å². The number of hydrogen-bond donors (Lipinski definition) is 2. The average Bonchev–Trinajstić information content (AvgIpc) is 2.59. The van der Waals surface area contributed by atoms with E-state index >= 15 is 0 Å². The van der Waals surface area contributed by atoms with E-state index in [0.717, 1.165) is 18.3 Å². The second kappa shape index (κ2) is 8.48. The Morgan fingerprint density at radius 1 is 1.15 bits per heavy atom. The van der Waals surface area contributed by atoms with E-state index in [4.69, 9.17) is 5.73 Å². The summed E-state index contributed by atoms with van der Waals surface area (Å²) in [6.45, 7) is 0.733. The van der Waals surface area contributed by atoms with Crippen molar-refractivity contribution in [3.05, 3.63) is 66.3 Å². The highest BCUT2D eigenvalue weighted by Gasteiger charge is 2.38. The van der Waals surface area contributed by atoms with E-state index in [1.54, 1.807) is 12.1 Å². The van der Waals surface area contributed by atoms with Gasteiger partial charge in [0.1, 0.15) is 0 Å². The Morgan fingerprint density at radius 3 is 2.27 bits per heavy atom. The van der Waals surface area contributed by atoms with Crippen molar-refractivity contribution in [2.75, 3.05) is 19.4 Å². The third-order valence-corrected chi connectivity index (χ3v) is 3.33. The molecule has 0 spiro atoms. The summed E-state index contributed by atoms with van der Waals surface area (Å²) in [7, 11) is 3.87. The Hall–Kier alpha value is -2.87. The van der Waals surface area contributed by atoms with Gasteiger partial charge in [0.15, 0.2) is 5.71 Å². The van der Waals surface area contributed by atoms with Crippen LogP contribution in [0.3, 0.4) is 0 Å². The van der Waals surface area contributed by atoms with Gasteiger partial charge in [-0.05, 0) is 43.9 Å². The number of nitrogens with one attached hydrogen (secondary N) is 1. The molecule has 0 saturated carbocycles. The molecule has 0 aliphatic carbocycles. The standard InChI is InChI=1S/C18H20F3N5/c1-26(2)12-13-3-5-14(6-4-13)24-16(11-22)17(18(19,20)21)25-15-7-9-23-10-8-15/h3-11,24H,12,22H2,1-2H3. The highest BCUT2D eigenvalue weighted by atomic mass is 19.4. The van der Waals surface area contributed by atoms with Crippen LogP contribution in [0.4, 0.5) is 24.5 Å². The van der Waals surface area contributed by atoms with Gasteiger partial charge in [-0.3, -0.25) is 4.98 Å². The van der Waals surface area contributed by atoms with Crippen LogP contribution < -0.4 is 11.1 Å². The van der Waals surface area contributed by atoms with Crippen LogP contribution in [0.1, 0.15) is 5.56 Å². The normalized spacial score (nSPS) is 13.2. The maximum absolute atomic E-state index is 13.5. The fraction of sp³-hybridized carbons (Fsp3) is 0.222. The lowest BCUT2D eigenvalue weighted by atomic mass is 10.2. The number of aromatic nitrogens is 1. The highest BCUT2D eigenvalue weighted by Crippen LogP contribution is 2.26. The number of alkyl halides is 3. The third kappa shape index (κ3) is 5.59. The first-order chi connectivity index (χ1) is 12.3. The Balaban J connectivity index is 2.28. The molecule has 2 rings (SSSR count). The van der Waals surface area contributed by atoms with Crippen molar-refractivity contribution in [2.24, 2.45) is 10.7 Å². The minimum atomic E-state index is -4.67. The summed E-state index contributed by atoms with van der Waals surface area (Å²) in [6, 6.07) is 9.84. The van der Waals surface area contributed by atoms with Crippen molar-refractivity contribution < 1.29 is 13.2 Å². The van der Waals surface area contributed by atoms with Crippen molar-refractivity contribution >= 4 is 17.1 Å². The first-order valence-electron chi connectivity index (χ1n) is 7.78. The molecule has 0 saturated heterocycles. The SMILES string of the molecule is CN(C)Cc1ccc(NC(=CN)C(=Nc2ccncc2)C(F)(F)F)cc1. The van der Waals surface area contributed by atoms with E-state index < -0.39 is 11.9 Å². The average molecular weight is 363 g/mol. The Labute approximate surface area is 150 Å². The largest absolute Gasteiger partial charge is 0.435 e. The molecule has 1 aromatic carbocycles. The van der Waals surface area contributed by atoms with Gasteiger partial charge in [0.05, 0.1) is 11.4 Å². The molecule has 2 aromatic rings. The number of nitrogens with two attached hydrogens (primary N) is 1. The number of nitrogens with zero attached hydrogens (tertiary/aromatic N) is 3. The zero-order valence-corrected chi connectivity index (χ0v) is 14.5. The molecular weight excluding hydrogens is 343 g/mol. The Morgan fingerprint density at radius 2 is 1.77 bits per heavy atom. The number of allylic oxidation sites excluding steroid dienone is 1. The minimum Gasteiger partial charge on any atom is -0.403 e. The van der Waals surface area contributed by atoms with E-state index in [0.29, 0.717) is 5.69 Å². The van der Waals surface area contributed by atoms with Gasteiger partial charge in [0.25, 0.3) is 0 Å². The topological polar surface area (TPSA) is 66.5 Å². The monoisotopic (exact) mass is 363 g/mol. The maximum Gasteiger partial charge on any atom is 0.435 e. The number of anilines is 1. The molecule has 0 atom stereocenters. The summed E-state index contributed by atoms with van der Waals surface area (Å²) in [5, 5.41) is 2.69. The van der Waals surface area contributed by atoms with Crippen LogP contribution in [0.5, 0.6) is 0 Å². The molecule has 26 heavy (non-hydrogen) atoms. The van der Waals surface area contributed by atoms with E-state index in [9.17, 15) is 13.2 Å². The van der Waals surface area contributed by atoms with Crippen LogP contribution in [0.15, 0.2) is 65.7 Å². The first-order valence-corrected chi connectivity index (χ1v) is 7.78. The first kappa shape index (κ1) is 19.5. The maximum atomic E-state index is 13.5. The fourth-order valence-electron chi connectivity index (χ4n) is 2.22. The number of halogens is 3. The van der Waals surface area contributed by atoms with Crippen LogP contribution in [0.2, 0.25) is 0 Å². The number of aliphatic imine (C=N–C) groups is 1. The predicted octanol–water partition coefficient (Wildman–Crippen LogP) is 3.69. The van der Waals surface area contributed by atoms with Crippen LogP contribution in [-0.4, -0.2) is 35.9 Å². The molecule has 0 unspecified atom stereocenters. The van der Waals surface area contributed by atoms with Crippen LogP contribution in [0.25, 0.3) is 0 Å². The molecule has 1 aromatic heterocycles. The molecule has 138 valence electrons. The smallest absolute Gasteiger partial charge is 0.403 e. The van der Waals surface area contributed by atoms with Gasteiger partial charge < -0.3 is 16.0 Å². The molecule has 0 bridgehead atoms. The van der Waals surface area contributed by atoms with Gasteiger partial charge in [0.2, 0.25) is 0 Å². The predicted molar refractivity (Wildman–Crippen MR) is 97.1 cm³/mol. The second-order valence-corrected chi connectivity index (χ2v) is 5.80. The summed E-state index contributed by atoms with van der Waals surface area (Å²) in [5.41, 5.74) is 5.67. The Bertz CT molecular complexity index is 766. The van der Waals surface area contributed by atoms with Crippen molar-refractivity contribution in [3.8, 4) is 0 Å². The zero-order chi connectivity index (χ0) is 19.2. The second-order valence-electron chi connectivity index (χ2n) is 5.80. The number of hydrogen-bond acceptors (Lipinski definition) is 5. The highest BCUT2D eigenvalue weighted by molar-refractivity contribution is 6.07. The van der Waals surface area contributed by atoms with Gasteiger partial charge >= 0.3 is 6.18 Å². The molecule has 3 N–H and O–H groups in total. The van der Waals surface area contributed by atoms with Gasteiger partial charge in [-0.1, -0.05) is 12.1 Å². The summed E-state index contributed by atoms with van der Waals surface area (Å²) >= 11 is 0. The lowest BCUT2D eigenvalue weighted by Gasteiger charge is -2.16. The molecule has 0 aliphatic heterocycles. The van der Waals surface area contributed by atoms with Crippen molar-refractivity contribution in [2.45, 2.75) is 12.7 Å². The molecule has 1 heterocycles. The molecule has 0 fully saturated rings. The molecule has 0 radical (unpaired) electrons. The number of rotatable bonds is 6. The molecule has 8 heteroatoms. The van der Waals surface area contributed by atoms with Crippen LogP contribution in [0, 0.1) is 0 Å². The zero-order valence-electron chi connectivity index (χ0n) is 14.5. The third-order valence-electron chi connectivity index (χ3n) is 3.33. The van der Waals surface area contributed by atoms with E-state index in [1.165, 1.54) is 24.5 Å². The van der Waals surface area contributed by atoms with Gasteiger partial charge in [-0.25, -0.2) is 4.99 Å². The molecule has 5 nitrogen and oxygen atoms in total. The van der Waals surface area contributed by atoms with Crippen molar-refractivity contribution in [1.29, 1.82) is 0 Å². The quantitative estimate of drug-likeness (QED) is 0.768. The van der Waals surface area contributed by atoms with Gasteiger partial charge in [-0.2, -0.15) is 13.2 Å². The summed E-state index contributed by atoms with van der Waals surface area (Å²) in [6.07, 6.45) is -1.07. The van der Waals surface area contributed by atoms with Gasteiger partial charge in [-0.15, -0.1) is 0 Å². The summed E-state index contributed by atoms with van der Waals surface area (Å²) in [5.74, 6) is 0. The minimum absolute atomic E-state index is 0.134. The Kier molecular flexibility index (Phi) is 6.35. The van der Waals surface area contributed by atoms with Crippen LogP contribution >= 0.6 is 0 Å². The lowest BCUT2D eigenvalue weighted by Crippen LogP contribution is -2.29. The number of pyridine rings is 1. The molecule has 0 aliphatic rings. The number of benzene rings is 1. The lowest BCUT2D eigenvalue weighted by molar-refractivity contribution is -0.0581.